The minimum atomic E-state index is -0.715. The van der Waals surface area contributed by atoms with Gasteiger partial charge in [0.2, 0.25) is 0 Å². The van der Waals surface area contributed by atoms with Crippen molar-refractivity contribution >= 4 is 0 Å². The van der Waals surface area contributed by atoms with Gasteiger partial charge in [-0.3, -0.25) is 0 Å². The van der Waals surface area contributed by atoms with Gasteiger partial charge in [-0.1, -0.05) is 0 Å². The second-order valence-corrected chi connectivity index (χ2v) is 2.90. The third kappa shape index (κ3) is 4.04. The highest BCUT2D eigenvalue weighted by atomic mass is 16.7. The Morgan fingerprint density at radius 1 is 1.25 bits per heavy atom. The van der Waals surface area contributed by atoms with Crippen LogP contribution in [0.4, 0.5) is 0 Å². The van der Waals surface area contributed by atoms with Gasteiger partial charge in [-0.15, -0.1) is 0 Å². The molecule has 0 heterocycles. The van der Waals surface area contributed by atoms with Crippen molar-refractivity contribution in [3.8, 4) is 0 Å². The molecule has 0 aliphatic carbocycles. The first-order valence-electron chi connectivity index (χ1n) is 4.06. The van der Waals surface area contributed by atoms with Crippen LogP contribution in [0.1, 0.15) is 19.8 Å². The summed E-state index contributed by atoms with van der Waals surface area (Å²) in [6.45, 7) is 5.82. The Balaban J connectivity index is 3.72. The summed E-state index contributed by atoms with van der Waals surface area (Å²) in [7, 11) is 4.87. The molecule has 1 atom stereocenters. The van der Waals surface area contributed by atoms with Crippen molar-refractivity contribution in [1.29, 1.82) is 0 Å². The summed E-state index contributed by atoms with van der Waals surface area (Å²) in [6.07, 6.45) is 1.83. The second kappa shape index (κ2) is 5.51. The Hall–Kier alpha value is -0.120. The van der Waals surface area contributed by atoms with E-state index < -0.39 is 5.79 Å². The van der Waals surface area contributed by atoms with Crippen LogP contribution in [0.2, 0.25) is 0 Å². The molecule has 0 bridgehead atoms. The first-order chi connectivity index (χ1) is 5.58. The van der Waals surface area contributed by atoms with E-state index in [0.717, 1.165) is 12.8 Å². The van der Waals surface area contributed by atoms with E-state index in [9.17, 15) is 0 Å². The SMILES string of the molecule is [CH2]C(CCC(C)OC)(OC)OC. The second-order valence-electron chi connectivity index (χ2n) is 2.90. The van der Waals surface area contributed by atoms with Gasteiger partial charge in [0.1, 0.15) is 0 Å². The molecule has 0 amide bonds. The van der Waals surface area contributed by atoms with Crippen LogP contribution in [0.5, 0.6) is 0 Å². The molecule has 1 radical (unpaired) electrons. The molecule has 0 saturated heterocycles. The van der Waals surface area contributed by atoms with Gasteiger partial charge in [-0.25, -0.2) is 0 Å². The van der Waals surface area contributed by atoms with Crippen LogP contribution in [0.3, 0.4) is 0 Å². The van der Waals surface area contributed by atoms with Gasteiger partial charge in [-0.05, 0) is 13.3 Å². The van der Waals surface area contributed by atoms with Crippen molar-refractivity contribution in [2.24, 2.45) is 0 Å². The molecule has 0 aliphatic rings. The lowest BCUT2D eigenvalue weighted by Gasteiger charge is -2.27. The third-order valence-corrected chi connectivity index (χ3v) is 2.08. The van der Waals surface area contributed by atoms with E-state index >= 15 is 0 Å². The highest BCUT2D eigenvalue weighted by Crippen LogP contribution is 2.18. The average Bonchev–Trinajstić information content (AvgIpc) is 2.13. The number of hydrogen-bond donors (Lipinski definition) is 0. The molecule has 0 saturated carbocycles. The van der Waals surface area contributed by atoms with E-state index in [2.05, 4.69) is 6.92 Å². The maximum Gasteiger partial charge on any atom is 0.167 e. The lowest BCUT2D eigenvalue weighted by Crippen LogP contribution is -2.31. The summed E-state index contributed by atoms with van der Waals surface area (Å²) >= 11 is 0. The molecule has 0 rings (SSSR count). The third-order valence-electron chi connectivity index (χ3n) is 2.08. The smallest absolute Gasteiger partial charge is 0.167 e. The van der Waals surface area contributed by atoms with Crippen LogP contribution in [0, 0.1) is 6.92 Å². The topological polar surface area (TPSA) is 27.7 Å². The zero-order chi connectivity index (χ0) is 9.61. The van der Waals surface area contributed by atoms with Crippen molar-refractivity contribution in [2.75, 3.05) is 21.3 Å². The lowest BCUT2D eigenvalue weighted by atomic mass is 10.1. The van der Waals surface area contributed by atoms with Gasteiger partial charge in [0.25, 0.3) is 0 Å². The summed E-state index contributed by atoms with van der Waals surface area (Å²) < 4.78 is 15.3. The van der Waals surface area contributed by atoms with Gasteiger partial charge in [0, 0.05) is 34.7 Å². The fraction of sp³-hybridized carbons (Fsp3) is 0.889. The maximum atomic E-state index is 5.10. The molecule has 0 spiro atoms. The number of methoxy groups -OCH3 is 3. The monoisotopic (exact) mass is 175 g/mol. The Kier molecular flexibility index (Phi) is 5.46. The fourth-order valence-electron chi connectivity index (χ4n) is 0.828. The van der Waals surface area contributed by atoms with Gasteiger partial charge in [0.05, 0.1) is 6.10 Å². The summed E-state index contributed by atoms with van der Waals surface area (Å²) in [6, 6.07) is 0. The molecule has 0 aromatic carbocycles. The van der Waals surface area contributed by atoms with E-state index in [0.29, 0.717) is 0 Å². The van der Waals surface area contributed by atoms with Gasteiger partial charge in [0.15, 0.2) is 5.79 Å². The zero-order valence-corrected chi connectivity index (χ0v) is 8.42. The Morgan fingerprint density at radius 2 is 1.75 bits per heavy atom. The van der Waals surface area contributed by atoms with Crippen LogP contribution < -0.4 is 0 Å². The Bertz CT molecular complexity index is 110. The van der Waals surface area contributed by atoms with Gasteiger partial charge in [-0.2, -0.15) is 0 Å². The van der Waals surface area contributed by atoms with Gasteiger partial charge < -0.3 is 14.2 Å². The molecule has 0 N–H and O–H groups in total. The van der Waals surface area contributed by atoms with Crippen LogP contribution in [-0.2, 0) is 14.2 Å². The van der Waals surface area contributed by atoms with E-state index in [1.165, 1.54) is 0 Å². The van der Waals surface area contributed by atoms with Crippen molar-refractivity contribution < 1.29 is 14.2 Å². The molecule has 0 aromatic rings. The highest BCUT2D eigenvalue weighted by Gasteiger charge is 2.23. The molecule has 73 valence electrons. The van der Waals surface area contributed by atoms with E-state index in [1.54, 1.807) is 21.3 Å². The Labute approximate surface area is 75.0 Å². The Morgan fingerprint density at radius 3 is 2.08 bits per heavy atom. The number of hydrogen-bond acceptors (Lipinski definition) is 3. The van der Waals surface area contributed by atoms with Crippen LogP contribution in [0.25, 0.3) is 0 Å². The quantitative estimate of drug-likeness (QED) is 0.574. The first-order valence-corrected chi connectivity index (χ1v) is 4.06. The minimum Gasteiger partial charge on any atom is -0.382 e. The maximum absolute atomic E-state index is 5.10. The predicted molar refractivity (Wildman–Crippen MR) is 47.8 cm³/mol. The standard InChI is InChI=1S/C9H19O3/c1-8(10-3)6-7-9(2,11-4)12-5/h8H,2,6-7H2,1,3-5H3. The summed E-state index contributed by atoms with van der Waals surface area (Å²) in [5, 5.41) is 0. The summed E-state index contributed by atoms with van der Waals surface area (Å²) in [5.74, 6) is -0.715. The average molecular weight is 175 g/mol. The highest BCUT2D eigenvalue weighted by molar-refractivity contribution is 4.72. The summed E-state index contributed by atoms with van der Waals surface area (Å²) in [5.41, 5.74) is 0. The molecule has 1 unspecified atom stereocenters. The predicted octanol–water partition coefficient (Wildman–Crippen LogP) is 1.62. The van der Waals surface area contributed by atoms with E-state index in [1.807, 2.05) is 6.92 Å². The first kappa shape index (κ1) is 11.9. The molecule has 0 aromatic heterocycles. The van der Waals surface area contributed by atoms with Crippen LogP contribution >= 0.6 is 0 Å². The van der Waals surface area contributed by atoms with Crippen LogP contribution in [0.15, 0.2) is 0 Å². The molecule has 3 nitrogen and oxygen atoms in total. The van der Waals surface area contributed by atoms with Crippen molar-refractivity contribution in [1.82, 2.24) is 0 Å². The van der Waals surface area contributed by atoms with E-state index in [4.69, 9.17) is 14.2 Å². The van der Waals surface area contributed by atoms with Crippen molar-refractivity contribution in [3.05, 3.63) is 6.92 Å². The molecule has 12 heavy (non-hydrogen) atoms. The van der Waals surface area contributed by atoms with Crippen molar-refractivity contribution in [3.63, 3.8) is 0 Å². The molecule has 3 heteroatoms. The largest absolute Gasteiger partial charge is 0.382 e. The molecule has 0 fully saturated rings. The zero-order valence-electron chi connectivity index (χ0n) is 8.42. The number of ether oxygens (including phenoxy) is 3. The van der Waals surface area contributed by atoms with Gasteiger partial charge >= 0.3 is 0 Å². The number of rotatable bonds is 6. The molecule has 0 aliphatic heterocycles. The minimum absolute atomic E-state index is 0.219. The summed E-state index contributed by atoms with van der Waals surface area (Å²) in [4.78, 5) is 0. The van der Waals surface area contributed by atoms with Crippen molar-refractivity contribution in [2.45, 2.75) is 31.7 Å². The molecular weight excluding hydrogens is 156 g/mol. The van der Waals surface area contributed by atoms with Crippen LogP contribution in [-0.4, -0.2) is 33.2 Å². The lowest BCUT2D eigenvalue weighted by molar-refractivity contribution is -0.180. The normalized spacial score (nSPS) is 14.8. The molecular formula is C9H19O3. The van der Waals surface area contributed by atoms with E-state index in [-0.39, 0.29) is 6.10 Å². The fourth-order valence-corrected chi connectivity index (χ4v) is 0.828.